The van der Waals surface area contributed by atoms with Gasteiger partial charge in [-0.25, -0.2) is 0 Å². The molecule has 0 spiro atoms. The highest BCUT2D eigenvalue weighted by atomic mass is 16.3. The van der Waals surface area contributed by atoms with Gasteiger partial charge < -0.3 is 10.1 Å². The van der Waals surface area contributed by atoms with Crippen LogP contribution in [0.1, 0.15) is 11.7 Å². The number of aromatic amines is 1. The van der Waals surface area contributed by atoms with Crippen molar-refractivity contribution < 1.29 is 5.11 Å². The summed E-state index contributed by atoms with van der Waals surface area (Å²) < 4.78 is 0. The molecular weight excluding hydrogens is 144 g/mol. The van der Waals surface area contributed by atoms with Crippen LogP contribution in [0.2, 0.25) is 0 Å². The number of hydrogen-bond acceptors (Lipinski definition) is 2. The third kappa shape index (κ3) is 1.73. The maximum absolute atomic E-state index is 8.74. The predicted molar refractivity (Wildman–Crippen MR) is 39.8 cm³/mol. The second-order valence-corrected chi connectivity index (χ2v) is 2.03. The number of rotatable bonds is 3. The summed E-state index contributed by atoms with van der Waals surface area (Å²) in [4.78, 5) is 5.46. The van der Waals surface area contributed by atoms with E-state index < -0.39 is 6.04 Å². The molecule has 0 bridgehead atoms. The fraction of sp³-hybridized carbons (Fsp3) is 0.333. The number of hydrogen-bond donors (Lipinski definition) is 2. The van der Waals surface area contributed by atoms with Gasteiger partial charge in [-0.2, -0.15) is 0 Å². The number of aromatic nitrogens is 1. The Morgan fingerprint density at radius 1 is 1.82 bits per heavy atom. The maximum atomic E-state index is 8.74. The van der Waals surface area contributed by atoms with Gasteiger partial charge in [0, 0.05) is 16.8 Å². The Morgan fingerprint density at radius 2 is 2.64 bits per heavy atom. The summed E-state index contributed by atoms with van der Waals surface area (Å²) in [6, 6.07) is 3.05. The van der Waals surface area contributed by atoms with Gasteiger partial charge in [-0.1, -0.05) is 5.11 Å². The van der Waals surface area contributed by atoms with Gasteiger partial charge in [0.15, 0.2) is 0 Å². The molecule has 1 atom stereocenters. The molecule has 0 saturated heterocycles. The molecule has 11 heavy (non-hydrogen) atoms. The molecule has 1 aromatic heterocycles. The van der Waals surface area contributed by atoms with Gasteiger partial charge in [-0.05, 0) is 17.7 Å². The van der Waals surface area contributed by atoms with E-state index in [1.54, 1.807) is 18.3 Å². The number of azide groups is 1. The van der Waals surface area contributed by atoms with E-state index in [2.05, 4.69) is 15.0 Å². The number of aliphatic hydroxyl groups excluding tert-OH is 1. The second-order valence-electron chi connectivity index (χ2n) is 2.03. The van der Waals surface area contributed by atoms with E-state index >= 15 is 0 Å². The van der Waals surface area contributed by atoms with Gasteiger partial charge in [-0.15, -0.1) is 0 Å². The van der Waals surface area contributed by atoms with Crippen LogP contribution in [-0.2, 0) is 0 Å². The minimum Gasteiger partial charge on any atom is -0.396 e. The molecule has 1 unspecified atom stereocenters. The number of nitrogens with zero attached hydrogens (tertiary/aromatic N) is 3. The van der Waals surface area contributed by atoms with Gasteiger partial charge in [0.25, 0.3) is 0 Å². The van der Waals surface area contributed by atoms with Crippen molar-refractivity contribution in [2.24, 2.45) is 5.11 Å². The molecule has 0 amide bonds. The fourth-order valence-electron chi connectivity index (χ4n) is 0.811. The molecule has 0 aliphatic carbocycles. The summed E-state index contributed by atoms with van der Waals surface area (Å²) in [7, 11) is 0. The number of H-pyrrole nitrogens is 1. The van der Waals surface area contributed by atoms with Gasteiger partial charge >= 0.3 is 0 Å². The summed E-state index contributed by atoms with van der Waals surface area (Å²) in [6.45, 7) is -0.176. The molecule has 58 valence electrons. The van der Waals surface area contributed by atoms with Gasteiger partial charge in [0.1, 0.15) is 6.04 Å². The minimum atomic E-state index is -0.491. The maximum Gasteiger partial charge on any atom is 0.101 e. The van der Waals surface area contributed by atoms with Crippen LogP contribution in [0.3, 0.4) is 0 Å². The first kappa shape index (κ1) is 7.65. The molecule has 0 aromatic carbocycles. The van der Waals surface area contributed by atoms with E-state index in [1.165, 1.54) is 0 Å². The number of aliphatic hydroxyl groups is 1. The first-order valence-electron chi connectivity index (χ1n) is 3.17. The standard InChI is InChI=1S/C6H8N4O/c7-10-9-6(4-11)5-2-1-3-8-5/h1-3,6,8,11H,4H2. The predicted octanol–water partition coefficient (Wildman–Crippen LogP) is 1.36. The first-order chi connectivity index (χ1) is 5.38. The minimum absolute atomic E-state index is 0.176. The molecule has 1 rings (SSSR count). The molecule has 5 nitrogen and oxygen atoms in total. The molecule has 1 heterocycles. The van der Waals surface area contributed by atoms with Gasteiger partial charge in [0.05, 0.1) is 6.61 Å². The second kappa shape index (κ2) is 3.65. The van der Waals surface area contributed by atoms with Crippen molar-refractivity contribution in [3.63, 3.8) is 0 Å². The smallest absolute Gasteiger partial charge is 0.101 e. The van der Waals surface area contributed by atoms with Crippen LogP contribution < -0.4 is 0 Å². The van der Waals surface area contributed by atoms with Crippen LogP contribution in [0, 0.1) is 0 Å². The molecule has 0 saturated carbocycles. The van der Waals surface area contributed by atoms with Gasteiger partial charge in [-0.3, -0.25) is 0 Å². The van der Waals surface area contributed by atoms with E-state index in [0.29, 0.717) is 0 Å². The van der Waals surface area contributed by atoms with E-state index in [-0.39, 0.29) is 6.61 Å². The molecule has 0 aliphatic heterocycles. The highest BCUT2D eigenvalue weighted by Gasteiger charge is 2.06. The van der Waals surface area contributed by atoms with Crippen molar-refractivity contribution in [3.05, 3.63) is 34.5 Å². The molecule has 2 N–H and O–H groups in total. The summed E-state index contributed by atoms with van der Waals surface area (Å²) >= 11 is 0. The lowest BCUT2D eigenvalue weighted by Crippen LogP contribution is -1.99. The van der Waals surface area contributed by atoms with E-state index in [4.69, 9.17) is 10.6 Å². The van der Waals surface area contributed by atoms with Crippen molar-refractivity contribution in [1.29, 1.82) is 0 Å². The van der Waals surface area contributed by atoms with Crippen molar-refractivity contribution in [3.8, 4) is 0 Å². The fourth-order valence-corrected chi connectivity index (χ4v) is 0.811. The van der Waals surface area contributed by atoms with Crippen LogP contribution in [0.4, 0.5) is 0 Å². The SMILES string of the molecule is [N-]=[N+]=NC(CO)c1ccc[nH]1. The first-order valence-corrected chi connectivity index (χ1v) is 3.17. The Bertz CT molecular complexity index is 250. The van der Waals surface area contributed by atoms with E-state index in [1.807, 2.05) is 0 Å². The third-order valence-corrected chi connectivity index (χ3v) is 1.34. The summed E-state index contributed by atoms with van der Waals surface area (Å²) in [6.07, 6.45) is 1.71. The monoisotopic (exact) mass is 152 g/mol. The van der Waals surface area contributed by atoms with Gasteiger partial charge in [0.2, 0.25) is 0 Å². The lowest BCUT2D eigenvalue weighted by atomic mass is 10.2. The molecule has 0 fully saturated rings. The van der Waals surface area contributed by atoms with Crippen LogP contribution in [0.5, 0.6) is 0 Å². The zero-order valence-electron chi connectivity index (χ0n) is 5.81. The Balaban J connectivity index is 2.79. The van der Waals surface area contributed by atoms with Crippen molar-refractivity contribution in [1.82, 2.24) is 4.98 Å². The van der Waals surface area contributed by atoms with Crippen molar-refractivity contribution >= 4 is 0 Å². The lowest BCUT2D eigenvalue weighted by Gasteiger charge is -2.02. The largest absolute Gasteiger partial charge is 0.396 e. The highest BCUT2D eigenvalue weighted by molar-refractivity contribution is 5.09. The van der Waals surface area contributed by atoms with Crippen LogP contribution in [0.25, 0.3) is 10.4 Å². The van der Waals surface area contributed by atoms with E-state index in [9.17, 15) is 0 Å². The Hall–Kier alpha value is -1.45. The topological polar surface area (TPSA) is 84.8 Å². The normalized spacial score (nSPS) is 12.1. The summed E-state index contributed by atoms with van der Waals surface area (Å²) in [5.74, 6) is 0. The van der Waals surface area contributed by atoms with Crippen molar-refractivity contribution in [2.75, 3.05) is 6.61 Å². The summed E-state index contributed by atoms with van der Waals surface area (Å²) in [5, 5.41) is 12.1. The Morgan fingerprint density at radius 3 is 3.09 bits per heavy atom. The van der Waals surface area contributed by atoms with E-state index in [0.717, 1.165) is 5.69 Å². The molecule has 5 heteroatoms. The molecular formula is C6H8N4O. The average Bonchev–Trinajstić information content (AvgIpc) is 2.52. The third-order valence-electron chi connectivity index (χ3n) is 1.34. The molecule has 0 aliphatic rings. The Labute approximate surface area is 63.3 Å². The average molecular weight is 152 g/mol. The zero-order valence-corrected chi connectivity index (χ0v) is 5.81. The quantitative estimate of drug-likeness (QED) is 0.382. The van der Waals surface area contributed by atoms with Crippen LogP contribution >= 0.6 is 0 Å². The summed E-state index contributed by atoms with van der Waals surface area (Å²) in [5.41, 5.74) is 8.83. The number of nitrogens with one attached hydrogen (secondary N) is 1. The molecule has 1 aromatic rings. The Kier molecular flexibility index (Phi) is 2.54. The van der Waals surface area contributed by atoms with Crippen LogP contribution in [-0.4, -0.2) is 16.7 Å². The zero-order chi connectivity index (χ0) is 8.10. The van der Waals surface area contributed by atoms with Crippen molar-refractivity contribution in [2.45, 2.75) is 6.04 Å². The van der Waals surface area contributed by atoms with Crippen LogP contribution in [0.15, 0.2) is 23.4 Å². The molecule has 0 radical (unpaired) electrons. The highest BCUT2D eigenvalue weighted by Crippen LogP contribution is 2.13. The lowest BCUT2D eigenvalue weighted by molar-refractivity contribution is 0.266.